The van der Waals surface area contributed by atoms with Crippen molar-refractivity contribution in [3.05, 3.63) is 54.6 Å². The number of amides is 1. The van der Waals surface area contributed by atoms with Crippen molar-refractivity contribution in [1.82, 2.24) is 4.90 Å². The molecule has 1 N–H and O–H groups in total. The Morgan fingerprint density at radius 3 is 2.33 bits per heavy atom. The van der Waals surface area contributed by atoms with Crippen molar-refractivity contribution in [2.45, 2.75) is 19.8 Å². The lowest BCUT2D eigenvalue weighted by Crippen LogP contribution is -2.40. The van der Waals surface area contributed by atoms with E-state index < -0.39 is 0 Å². The van der Waals surface area contributed by atoms with Crippen LogP contribution in [0.1, 0.15) is 19.8 Å². The average Bonchev–Trinajstić information content (AvgIpc) is 2.70. The van der Waals surface area contributed by atoms with E-state index in [1.54, 1.807) is 0 Å². The molecular formula is C22H28N2O3. The van der Waals surface area contributed by atoms with Crippen LogP contribution >= 0.6 is 0 Å². The van der Waals surface area contributed by atoms with Crippen LogP contribution in [0.4, 0.5) is 5.69 Å². The quantitative estimate of drug-likeness (QED) is 0.770. The summed E-state index contributed by atoms with van der Waals surface area (Å²) in [4.78, 5) is 14.5. The molecular weight excluding hydrogens is 340 g/mol. The van der Waals surface area contributed by atoms with Gasteiger partial charge in [-0.2, -0.15) is 0 Å². The number of carbonyl (C=O) groups excluding carboxylic acids is 1. The molecule has 5 heteroatoms. The van der Waals surface area contributed by atoms with Crippen molar-refractivity contribution in [1.29, 1.82) is 0 Å². The molecule has 1 aliphatic heterocycles. The van der Waals surface area contributed by atoms with Crippen molar-refractivity contribution in [3.63, 3.8) is 0 Å². The topological polar surface area (TPSA) is 50.8 Å². The first kappa shape index (κ1) is 19.2. The molecule has 2 aromatic carbocycles. The Morgan fingerprint density at radius 1 is 1.00 bits per heavy atom. The molecule has 0 atom stereocenters. The highest BCUT2D eigenvalue weighted by atomic mass is 16.5. The van der Waals surface area contributed by atoms with Crippen molar-refractivity contribution in [3.8, 4) is 11.5 Å². The first-order valence-electron chi connectivity index (χ1n) is 9.66. The molecule has 0 aliphatic carbocycles. The number of benzene rings is 2. The molecule has 0 saturated carbocycles. The number of hydrogen-bond donors (Lipinski definition) is 1. The third kappa shape index (κ3) is 6.29. The van der Waals surface area contributed by atoms with Crippen molar-refractivity contribution in [2.24, 2.45) is 5.92 Å². The molecule has 5 nitrogen and oxygen atoms in total. The number of carbonyl (C=O) groups is 1. The van der Waals surface area contributed by atoms with Gasteiger partial charge in [0.1, 0.15) is 11.5 Å². The van der Waals surface area contributed by atoms with E-state index in [-0.39, 0.29) is 5.91 Å². The Balaban J connectivity index is 1.36. The van der Waals surface area contributed by atoms with Crippen LogP contribution in [0.25, 0.3) is 0 Å². The van der Waals surface area contributed by atoms with Crippen molar-refractivity contribution < 1.29 is 14.3 Å². The van der Waals surface area contributed by atoms with Crippen molar-refractivity contribution in [2.75, 3.05) is 38.2 Å². The number of anilines is 1. The summed E-state index contributed by atoms with van der Waals surface area (Å²) in [5, 5.41) is 2.96. The molecule has 0 radical (unpaired) electrons. The summed E-state index contributed by atoms with van der Waals surface area (Å²) in [5.74, 6) is 2.32. The lowest BCUT2D eigenvalue weighted by atomic mass is 9.98. The zero-order chi connectivity index (χ0) is 18.9. The maximum atomic E-state index is 12.3. The molecule has 1 fully saturated rings. The van der Waals surface area contributed by atoms with Gasteiger partial charge in [-0.3, -0.25) is 9.69 Å². The Bertz CT molecular complexity index is 695. The van der Waals surface area contributed by atoms with Crippen LogP contribution in [0.5, 0.6) is 11.5 Å². The lowest BCUT2D eigenvalue weighted by molar-refractivity contribution is -0.117. The van der Waals surface area contributed by atoms with Crippen LogP contribution in [0.2, 0.25) is 0 Å². The number of ether oxygens (including phenoxy) is 2. The maximum Gasteiger partial charge on any atom is 0.238 e. The Morgan fingerprint density at radius 2 is 1.67 bits per heavy atom. The van der Waals surface area contributed by atoms with Crippen LogP contribution in [-0.2, 0) is 4.79 Å². The van der Waals surface area contributed by atoms with E-state index in [9.17, 15) is 4.79 Å². The summed E-state index contributed by atoms with van der Waals surface area (Å²) >= 11 is 0. The predicted octanol–water partition coefficient (Wildman–Crippen LogP) is 3.81. The highest BCUT2D eigenvalue weighted by Crippen LogP contribution is 2.20. The van der Waals surface area contributed by atoms with Crippen LogP contribution in [0.15, 0.2) is 54.6 Å². The zero-order valence-corrected chi connectivity index (χ0v) is 15.9. The molecule has 1 heterocycles. The van der Waals surface area contributed by atoms with Gasteiger partial charge in [0, 0.05) is 5.69 Å². The summed E-state index contributed by atoms with van der Waals surface area (Å²) in [7, 11) is 0. The van der Waals surface area contributed by atoms with Gasteiger partial charge >= 0.3 is 0 Å². The molecule has 1 saturated heterocycles. The fourth-order valence-corrected chi connectivity index (χ4v) is 3.25. The SMILES string of the molecule is CCOc1ccc(NC(=O)CN2CCC(COc3ccccc3)CC2)cc1. The minimum absolute atomic E-state index is 0.0261. The number of para-hydroxylation sites is 1. The zero-order valence-electron chi connectivity index (χ0n) is 15.9. The average molecular weight is 368 g/mol. The molecule has 1 amide bonds. The molecule has 2 aromatic rings. The molecule has 0 spiro atoms. The second-order valence-corrected chi connectivity index (χ2v) is 6.85. The van der Waals surface area contributed by atoms with E-state index >= 15 is 0 Å². The molecule has 1 aliphatic rings. The van der Waals surface area contributed by atoms with E-state index in [1.165, 1.54) is 0 Å². The Hall–Kier alpha value is -2.53. The second kappa shape index (κ2) is 9.97. The fraction of sp³-hybridized carbons (Fsp3) is 0.409. The van der Waals surface area contributed by atoms with Gasteiger partial charge in [0.15, 0.2) is 0 Å². The predicted molar refractivity (Wildman–Crippen MR) is 107 cm³/mol. The number of piperidine rings is 1. The normalized spacial score (nSPS) is 15.3. The first-order chi connectivity index (χ1) is 13.2. The minimum Gasteiger partial charge on any atom is -0.494 e. The molecule has 27 heavy (non-hydrogen) atoms. The lowest BCUT2D eigenvalue weighted by Gasteiger charge is -2.31. The van der Waals surface area contributed by atoms with E-state index in [2.05, 4.69) is 10.2 Å². The summed E-state index contributed by atoms with van der Waals surface area (Å²) in [6, 6.07) is 17.4. The van der Waals surface area contributed by atoms with E-state index in [1.807, 2.05) is 61.5 Å². The molecule has 0 bridgehead atoms. The van der Waals surface area contributed by atoms with Gasteiger partial charge in [-0.15, -0.1) is 0 Å². The van der Waals surface area contributed by atoms with Crippen LogP contribution < -0.4 is 14.8 Å². The largest absolute Gasteiger partial charge is 0.494 e. The van der Waals surface area contributed by atoms with Crippen LogP contribution in [0.3, 0.4) is 0 Å². The minimum atomic E-state index is 0.0261. The van der Waals surface area contributed by atoms with Gasteiger partial charge in [0.2, 0.25) is 5.91 Å². The standard InChI is InChI=1S/C22H28N2O3/c1-2-26-21-10-8-19(9-11-21)23-22(25)16-24-14-12-18(13-15-24)17-27-20-6-4-3-5-7-20/h3-11,18H,2,12-17H2,1H3,(H,23,25). The van der Waals surface area contributed by atoms with E-state index in [4.69, 9.17) is 9.47 Å². The fourth-order valence-electron chi connectivity index (χ4n) is 3.25. The summed E-state index contributed by atoms with van der Waals surface area (Å²) in [5.41, 5.74) is 0.801. The van der Waals surface area contributed by atoms with Gasteiger partial charge in [-0.05, 0) is 75.2 Å². The number of nitrogens with one attached hydrogen (secondary N) is 1. The van der Waals surface area contributed by atoms with Gasteiger partial charge in [-0.1, -0.05) is 18.2 Å². The van der Waals surface area contributed by atoms with Gasteiger partial charge in [0.05, 0.1) is 19.8 Å². The first-order valence-corrected chi connectivity index (χ1v) is 9.66. The smallest absolute Gasteiger partial charge is 0.238 e. The number of hydrogen-bond acceptors (Lipinski definition) is 4. The molecule has 0 unspecified atom stereocenters. The van der Waals surface area contributed by atoms with Crippen molar-refractivity contribution >= 4 is 11.6 Å². The van der Waals surface area contributed by atoms with Crippen LogP contribution in [0, 0.1) is 5.92 Å². The summed E-state index contributed by atoms with van der Waals surface area (Å²) in [6.45, 7) is 5.62. The molecule has 3 rings (SSSR count). The summed E-state index contributed by atoms with van der Waals surface area (Å²) < 4.78 is 11.3. The van der Waals surface area contributed by atoms with Gasteiger partial charge in [-0.25, -0.2) is 0 Å². The third-order valence-electron chi connectivity index (χ3n) is 4.75. The number of nitrogens with zero attached hydrogens (tertiary/aromatic N) is 1. The highest BCUT2D eigenvalue weighted by molar-refractivity contribution is 5.92. The monoisotopic (exact) mass is 368 g/mol. The van der Waals surface area contributed by atoms with E-state index in [0.717, 1.165) is 49.7 Å². The number of likely N-dealkylation sites (tertiary alicyclic amines) is 1. The molecule has 0 aromatic heterocycles. The maximum absolute atomic E-state index is 12.3. The van der Waals surface area contributed by atoms with Crippen LogP contribution in [-0.4, -0.2) is 43.7 Å². The van der Waals surface area contributed by atoms with Gasteiger partial charge in [0.25, 0.3) is 0 Å². The third-order valence-corrected chi connectivity index (χ3v) is 4.75. The number of rotatable bonds is 8. The highest BCUT2D eigenvalue weighted by Gasteiger charge is 2.21. The van der Waals surface area contributed by atoms with Gasteiger partial charge < -0.3 is 14.8 Å². The molecule has 144 valence electrons. The Labute approximate surface area is 161 Å². The summed E-state index contributed by atoms with van der Waals surface area (Å²) in [6.07, 6.45) is 2.12. The van der Waals surface area contributed by atoms with E-state index in [0.29, 0.717) is 19.1 Å². The second-order valence-electron chi connectivity index (χ2n) is 6.85. The Kier molecular flexibility index (Phi) is 7.11.